The number of aliphatic carboxylic acids is 1. The van der Waals surface area contributed by atoms with Crippen molar-refractivity contribution >= 4 is 5.97 Å². The SMILES string of the molecule is CCN(C(C)CC(=O)O)C(C)c1cnn(CC)c1. The van der Waals surface area contributed by atoms with E-state index >= 15 is 0 Å². The predicted molar refractivity (Wildman–Crippen MR) is 70.4 cm³/mol. The lowest BCUT2D eigenvalue weighted by molar-refractivity contribution is -0.138. The summed E-state index contributed by atoms with van der Waals surface area (Å²) in [4.78, 5) is 13.0. The largest absolute Gasteiger partial charge is 0.481 e. The van der Waals surface area contributed by atoms with Crippen LogP contribution >= 0.6 is 0 Å². The van der Waals surface area contributed by atoms with Gasteiger partial charge in [-0.1, -0.05) is 6.92 Å². The molecule has 0 radical (unpaired) electrons. The van der Waals surface area contributed by atoms with Crippen molar-refractivity contribution in [2.24, 2.45) is 0 Å². The van der Waals surface area contributed by atoms with Gasteiger partial charge < -0.3 is 5.11 Å². The monoisotopic (exact) mass is 253 g/mol. The molecule has 0 saturated heterocycles. The third kappa shape index (κ3) is 3.57. The average molecular weight is 253 g/mol. The van der Waals surface area contributed by atoms with Crippen molar-refractivity contribution < 1.29 is 9.90 Å². The molecule has 5 heteroatoms. The van der Waals surface area contributed by atoms with Gasteiger partial charge in [-0.05, 0) is 27.3 Å². The van der Waals surface area contributed by atoms with Crippen LogP contribution in [0.5, 0.6) is 0 Å². The zero-order valence-corrected chi connectivity index (χ0v) is 11.6. The fourth-order valence-corrected chi connectivity index (χ4v) is 2.30. The van der Waals surface area contributed by atoms with Gasteiger partial charge in [-0.3, -0.25) is 14.4 Å². The molecule has 2 unspecified atom stereocenters. The maximum atomic E-state index is 10.8. The predicted octanol–water partition coefficient (Wildman–Crippen LogP) is 2.15. The van der Waals surface area contributed by atoms with Crippen LogP contribution in [0.3, 0.4) is 0 Å². The second-order valence-electron chi connectivity index (χ2n) is 4.58. The third-order valence-electron chi connectivity index (χ3n) is 3.36. The first-order chi connectivity index (χ1) is 8.49. The van der Waals surface area contributed by atoms with Crippen LogP contribution in [-0.2, 0) is 11.3 Å². The van der Waals surface area contributed by atoms with Crippen molar-refractivity contribution in [3.05, 3.63) is 18.0 Å². The lowest BCUT2D eigenvalue weighted by atomic mass is 10.1. The van der Waals surface area contributed by atoms with Crippen molar-refractivity contribution in [1.82, 2.24) is 14.7 Å². The molecule has 2 atom stereocenters. The molecule has 0 aliphatic rings. The Morgan fingerprint density at radius 1 is 1.50 bits per heavy atom. The van der Waals surface area contributed by atoms with E-state index in [0.717, 1.165) is 18.7 Å². The van der Waals surface area contributed by atoms with Crippen LogP contribution in [0.2, 0.25) is 0 Å². The number of hydrogen-bond donors (Lipinski definition) is 1. The Hall–Kier alpha value is -1.36. The van der Waals surface area contributed by atoms with Crippen molar-refractivity contribution in [3.63, 3.8) is 0 Å². The Morgan fingerprint density at radius 2 is 2.17 bits per heavy atom. The van der Waals surface area contributed by atoms with Gasteiger partial charge in [0.1, 0.15) is 0 Å². The first kappa shape index (κ1) is 14.7. The Balaban J connectivity index is 2.77. The third-order valence-corrected chi connectivity index (χ3v) is 3.36. The highest BCUT2D eigenvalue weighted by molar-refractivity contribution is 5.67. The summed E-state index contributed by atoms with van der Waals surface area (Å²) in [5.41, 5.74) is 1.14. The van der Waals surface area contributed by atoms with Crippen molar-refractivity contribution in [2.45, 2.75) is 52.7 Å². The maximum Gasteiger partial charge on any atom is 0.304 e. The number of carboxylic acid groups (broad SMARTS) is 1. The van der Waals surface area contributed by atoms with Gasteiger partial charge in [0, 0.05) is 30.4 Å². The van der Waals surface area contributed by atoms with E-state index in [1.165, 1.54) is 0 Å². The molecule has 18 heavy (non-hydrogen) atoms. The van der Waals surface area contributed by atoms with E-state index in [-0.39, 0.29) is 18.5 Å². The van der Waals surface area contributed by atoms with Crippen LogP contribution < -0.4 is 0 Å². The summed E-state index contributed by atoms with van der Waals surface area (Å²) in [6.07, 6.45) is 4.06. The molecule has 0 bridgehead atoms. The van der Waals surface area contributed by atoms with E-state index < -0.39 is 5.97 Å². The Kier molecular flexibility index (Phi) is 5.34. The number of aryl methyl sites for hydroxylation is 1. The molecular weight excluding hydrogens is 230 g/mol. The summed E-state index contributed by atoms with van der Waals surface area (Å²) < 4.78 is 1.89. The summed E-state index contributed by atoms with van der Waals surface area (Å²) in [5.74, 6) is -0.752. The molecule has 1 rings (SSSR count). The number of aromatic nitrogens is 2. The van der Waals surface area contributed by atoms with Crippen LogP contribution in [0.1, 0.15) is 45.7 Å². The minimum Gasteiger partial charge on any atom is -0.481 e. The fourth-order valence-electron chi connectivity index (χ4n) is 2.30. The van der Waals surface area contributed by atoms with Gasteiger partial charge in [0.15, 0.2) is 0 Å². The number of nitrogens with zero attached hydrogens (tertiary/aromatic N) is 3. The summed E-state index contributed by atoms with van der Waals surface area (Å²) in [5, 5.41) is 13.1. The molecule has 0 fully saturated rings. The zero-order valence-electron chi connectivity index (χ0n) is 11.6. The topological polar surface area (TPSA) is 58.4 Å². The molecule has 1 N–H and O–H groups in total. The van der Waals surface area contributed by atoms with Crippen molar-refractivity contribution in [1.29, 1.82) is 0 Å². The molecule has 1 aromatic heterocycles. The van der Waals surface area contributed by atoms with E-state index in [1.807, 2.05) is 30.9 Å². The molecule has 0 spiro atoms. The number of rotatable bonds is 7. The second kappa shape index (κ2) is 6.54. The first-order valence-corrected chi connectivity index (χ1v) is 6.49. The van der Waals surface area contributed by atoms with Gasteiger partial charge in [0.2, 0.25) is 0 Å². The van der Waals surface area contributed by atoms with Crippen molar-refractivity contribution in [2.75, 3.05) is 6.54 Å². The molecule has 102 valence electrons. The van der Waals surface area contributed by atoms with Gasteiger partial charge in [-0.15, -0.1) is 0 Å². The number of hydrogen-bond acceptors (Lipinski definition) is 3. The van der Waals surface area contributed by atoms with Crippen LogP contribution in [0.25, 0.3) is 0 Å². The lowest BCUT2D eigenvalue weighted by Gasteiger charge is -2.32. The van der Waals surface area contributed by atoms with E-state index in [4.69, 9.17) is 5.11 Å². The summed E-state index contributed by atoms with van der Waals surface area (Å²) >= 11 is 0. The van der Waals surface area contributed by atoms with Gasteiger partial charge in [0.25, 0.3) is 0 Å². The molecular formula is C13H23N3O2. The number of carbonyl (C=O) groups is 1. The van der Waals surface area contributed by atoms with Crippen LogP contribution in [0, 0.1) is 0 Å². The zero-order chi connectivity index (χ0) is 13.7. The lowest BCUT2D eigenvalue weighted by Crippen LogP contribution is -2.36. The molecule has 1 heterocycles. The molecule has 0 aliphatic heterocycles. The minimum atomic E-state index is -0.752. The minimum absolute atomic E-state index is 0.0208. The fraction of sp³-hybridized carbons (Fsp3) is 0.692. The highest BCUT2D eigenvalue weighted by Gasteiger charge is 2.22. The van der Waals surface area contributed by atoms with E-state index in [1.54, 1.807) is 0 Å². The van der Waals surface area contributed by atoms with Crippen molar-refractivity contribution in [3.8, 4) is 0 Å². The summed E-state index contributed by atoms with van der Waals surface area (Å²) in [6.45, 7) is 9.83. The Morgan fingerprint density at radius 3 is 2.61 bits per heavy atom. The second-order valence-corrected chi connectivity index (χ2v) is 4.58. The van der Waals surface area contributed by atoms with E-state index in [0.29, 0.717) is 0 Å². The molecule has 5 nitrogen and oxygen atoms in total. The van der Waals surface area contributed by atoms with Gasteiger partial charge in [0.05, 0.1) is 12.6 Å². The highest BCUT2D eigenvalue weighted by atomic mass is 16.4. The van der Waals surface area contributed by atoms with Crippen LogP contribution in [-0.4, -0.2) is 38.3 Å². The van der Waals surface area contributed by atoms with Crippen LogP contribution in [0.15, 0.2) is 12.4 Å². The van der Waals surface area contributed by atoms with Gasteiger partial charge in [-0.2, -0.15) is 5.10 Å². The average Bonchev–Trinajstić information content (AvgIpc) is 2.77. The molecule has 0 saturated carbocycles. The molecule has 0 aromatic carbocycles. The smallest absolute Gasteiger partial charge is 0.304 e. The van der Waals surface area contributed by atoms with E-state index in [9.17, 15) is 4.79 Å². The van der Waals surface area contributed by atoms with Gasteiger partial charge >= 0.3 is 5.97 Å². The molecule has 0 amide bonds. The quantitative estimate of drug-likeness (QED) is 0.809. The highest BCUT2D eigenvalue weighted by Crippen LogP contribution is 2.22. The normalized spacial score (nSPS) is 14.7. The molecule has 1 aromatic rings. The van der Waals surface area contributed by atoms with Crippen LogP contribution in [0.4, 0.5) is 0 Å². The summed E-state index contributed by atoms with van der Waals surface area (Å²) in [7, 11) is 0. The Labute approximate surface area is 108 Å². The maximum absolute atomic E-state index is 10.8. The van der Waals surface area contributed by atoms with E-state index in [2.05, 4.69) is 23.8 Å². The summed E-state index contributed by atoms with van der Waals surface area (Å²) in [6, 6.07) is 0.206. The standard InChI is InChI=1S/C13H23N3O2/c1-5-15-9-12(8-14-15)11(4)16(6-2)10(3)7-13(17)18/h8-11H,5-7H2,1-4H3,(H,17,18). The first-order valence-electron chi connectivity index (χ1n) is 6.49. The molecule has 0 aliphatic carbocycles. The number of carboxylic acids is 1. The van der Waals surface area contributed by atoms with Gasteiger partial charge in [-0.25, -0.2) is 0 Å². The Bertz CT molecular complexity index is 389.